The lowest BCUT2D eigenvalue weighted by atomic mass is 9.94. The van der Waals surface area contributed by atoms with Gasteiger partial charge in [0, 0.05) is 11.1 Å². The molecule has 2 heterocycles. The monoisotopic (exact) mass is 486 g/mol. The van der Waals surface area contributed by atoms with Gasteiger partial charge in [0.15, 0.2) is 5.13 Å². The number of hydrogen-bond acceptors (Lipinski definition) is 7. The van der Waals surface area contributed by atoms with Crippen molar-refractivity contribution in [2.24, 2.45) is 0 Å². The predicted octanol–water partition coefficient (Wildman–Crippen LogP) is 5.25. The zero-order chi connectivity index (χ0) is 24.7. The summed E-state index contributed by atoms with van der Waals surface area (Å²) in [6.45, 7) is 1.98. The molecule has 35 heavy (non-hydrogen) atoms. The first-order valence-corrected chi connectivity index (χ1v) is 11.7. The molecular formula is C27H22N2O5S. The maximum absolute atomic E-state index is 13.4. The number of ketones is 1. The lowest BCUT2D eigenvalue weighted by molar-refractivity contribution is -0.132. The van der Waals surface area contributed by atoms with Crippen molar-refractivity contribution >= 4 is 44.1 Å². The molecule has 1 aliphatic rings. The Morgan fingerprint density at radius 2 is 1.80 bits per heavy atom. The van der Waals surface area contributed by atoms with Crippen molar-refractivity contribution in [3.63, 3.8) is 0 Å². The third-order valence-corrected chi connectivity index (χ3v) is 6.98. The van der Waals surface area contributed by atoms with E-state index in [1.54, 1.807) is 48.5 Å². The fraction of sp³-hybridized carbons (Fsp3) is 0.148. The van der Waals surface area contributed by atoms with Gasteiger partial charge in [-0.25, -0.2) is 4.98 Å². The summed E-state index contributed by atoms with van der Waals surface area (Å²) in [4.78, 5) is 32.8. The molecule has 0 aliphatic carbocycles. The fourth-order valence-corrected chi connectivity index (χ4v) is 5.36. The minimum atomic E-state index is -0.931. The van der Waals surface area contributed by atoms with Crippen LogP contribution in [-0.4, -0.2) is 36.0 Å². The summed E-state index contributed by atoms with van der Waals surface area (Å²) in [6, 6.07) is 18.7. The summed E-state index contributed by atoms with van der Waals surface area (Å²) >= 11 is 1.32. The SMILES string of the molecule is COc1cccc(/C(O)=C2\C(=O)C(=O)N(c3nc4ccc(C)cc4s3)C2c2ccccc2OC)c1. The summed E-state index contributed by atoms with van der Waals surface area (Å²) in [5, 5.41) is 11.7. The predicted molar refractivity (Wildman–Crippen MR) is 135 cm³/mol. The number of amides is 1. The summed E-state index contributed by atoms with van der Waals surface area (Å²) < 4.78 is 11.7. The zero-order valence-electron chi connectivity index (χ0n) is 19.3. The number of thiazole rings is 1. The second kappa shape index (κ2) is 8.88. The number of aliphatic hydroxyl groups excluding tert-OH is 1. The molecule has 4 aromatic rings. The summed E-state index contributed by atoms with van der Waals surface area (Å²) in [5.41, 5.74) is 2.68. The number of benzene rings is 3. The van der Waals surface area contributed by atoms with Crippen LogP contribution >= 0.6 is 11.3 Å². The van der Waals surface area contributed by atoms with Gasteiger partial charge >= 0.3 is 5.91 Å². The number of rotatable bonds is 5. The summed E-state index contributed by atoms with van der Waals surface area (Å²) in [6.07, 6.45) is 0. The van der Waals surface area contributed by atoms with Gasteiger partial charge in [0.25, 0.3) is 5.78 Å². The van der Waals surface area contributed by atoms with E-state index in [1.165, 1.54) is 30.5 Å². The highest BCUT2D eigenvalue weighted by Gasteiger charge is 2.49. The first kappa shape index (κ1) is 22.6. The maximum atomic E-state index is 13.4. The van der Waals surface area contributed by atoms with Gasteiger partial charge in [0.2, 0.25) is 0 Å². The molecule has 0 bridgehead atoms. The Balaban J connectivity index is 1.76. The molecule has 8 heteroatoms. The van der Waals surface area contributed by atoms with Crippen molar-refractivity contribution in [3.05, 3.63) is 89.0 Å². The average molecular weight is 487 g/mol. The van der Waals surface area contributed by atoms with Crippen LogP contribution in [0, 0.1) is 6.92 Å². The van der Waals surface area contributed by atoms with Crippen LogP contribution in [0.1, 0.15) is 22.7 Å². The van der Waals surface area contributed by atoms with Crippen molar-refractivity contribution in [1.29, 1.82) is 0 Å². The number of aryl methyl sites for hydroxylation is 1. The molecule has 1 unspecified atom stereocenters. The van der Waals surface area contributed by atoms with Gasteiger partial charge in [-0.05, 0) is 42.8 Å². The van der Waals surface area contributed by atoms with Crippen LogP contribution < -0.4 is 14.4 Å². The molecule has 7 nitrogen and oxygen atoms in total. The standard InChI is InChI=1S/C27H22N2O5S/c1-15-11-12-19-21(13-15)35-27(28-19)29-23(18-9-4-5-10-20(18)34-3)22(25(31)26(29)32)24(30)16-7-6-8-17(14-16)33-2/h4-14,23,30H,1-3H3/b24-22+. The van der Waals surface area contributed by atoms with Gasteiger partial charge in [-0.1, -0.05) is 47.7 Å². The highest BCUT2D eigenvalue weighted by molar-refractivity contribution is 7.22. The van der Waals surface area contributed by atoms with Gasteiger partial charge in [-0.2, -0.15) is 0 Å². The number of fused-ring (bicyclic) bond motifs is 1. The molecule has 3 aromatic carbocycles. The van der Waals surface area contributed by atoms with Crippen molar-refractivity contribution in [3.8, 4) is 11.5 Å². The van der Waals surface area contributed by atoms with Crippen LogP contribution in [0.3, 0.4) is 0 Å². The number of methoxy groups -OCH3 is 2. The summed E-state index contributed by atoms with van der Waals surface area (Å²) in [5.74, 6) is -0.855. The lowest BCUT2D eigenvalue weighted by Crippen LogP contribution is -2.29. The number of para-hydroxylation sites is 1. The van der Waals surface area contributed by atoms with Gasteiger partial charge in [-0.3, -0.25) is 14.5 Å². The summed E-state index contributed by atoms with van der Waals surface area (Å²) in [7, 11) is 3.04. The number of carbonyl (C=O) groups is 2. The number of ether oxygens (including phenoxy) is 2. The van der Waals surface area contributed by atoms with Crippen molar-refractivity contribution in [1.82, 2.24) is 4.98 Å². The van der Waals surface area contributed by atoms with E-state index in [0.717, 1.165) is 15.8 Å². The average Bonchev–Trinajstić information content (AvgIpc) is 3.41. The van der Waals surface area contributed by atoms with E-state index in [4.69, 9.17) is 9.47 Å². The zero-order valence-corrected chi connectivity index (χ0v) is 20.1. The Hall–Kier alpha value is -4.17. The van der Waals surface area contributed by atoms with E-state index in [2.05, 4.69) is 4.98 Å². The maximum Gasteiger partial charge on any atom is 0.301 e. The normalized spacial score (nSPS) is 17.2. The second-order valence-corrected chi connectivity index (χ2v) is 9.12. The van der Waals surface area contributed by atoms with E-state index in [9.17, 15) is 14.7 Å². The topological polar surface area (TPSA) is 89.0 Å². The van der Waals surface area contributed by atoms with Gasteiger partial charge in [0.1, 0.15) is 23.3 Å². The largest absolute Gasteiger partial charge is 0.507 e. The molecule has 0 spiro atoms. The molecule has 1 amide bonds. The number of Topliss-reactive ketones (excluding diaryl/α,β-unsaturated/α-hetero) is 1. The van der Waals surface area contributed by atoms with Gasteiger partial charge in [-0.15, -0.1) is 0 Å². The number of nitrogens with zero attached hydrogens (tertiary/aromatic N) is 2. The number of aromatic nitrogens is 1. The lowest BCUT2D eigenvalue weighted by Gasteiger charge is -2.24. The van der Waals surface area contributed by atoms with Gasteiger partial charge in [0.05, 0.1) is 30.0 Å². The van der Waals surface area contributed by atoms with E-state index < -0.39 is 17.7 Å². The number of hydrogen-bond donors (Lipinski definition) is 1. The molecular weight excluding hydrogens is 464 g/mol. The highest BCUT2D eigenvalue weighted by atomic mass is 32.1. The molecule has 1 atom stereocenters. The molecule has 0 radical (unpaired) electrons. The minimum absolute atomic E-state index is 0.0387. The highest BCUT2D eigenvalue weighted by Crippen LogP contribution is 2.46. The Bertz CT molecular complexity index is 1510. The van der Waals surface area contributed by atoms with E-state index in [1.807, 2.05) is 25.1 Å². The molecule has 1 aliphatic heterocycles. The first-order valence-electron chi connectivity index (χ1n) is 10.9. The molecule has 0 saturated carbocycles. The van der Waals surface area contributed by atoms with Crippen LogP contribution in [0.2, 0.25) is 0 Å². The van der Waals surface area contributed by atoms with E-state index >= 15 is 0 Å². The Kier molecular flexibility index (Phi) is 5.74. The molecule has 176 valence electrons. The van der Waals surface area contributed by atoms with Crippen LogP contribution in [0.5, 0.6) is 11.5 Å². The minimum Gasteiger partial charge on any atom is -0.507 e. The van der Waals surface area contributed by atoms with Crippen molar-refractivity contribution in [2.45, 2.75) is 13.0 Å². The van der Waals surface area contributed by atoms with Crippen molar-refractivity contribution < 1.29 is 24.2 Å². The van der Waals surface area contributed by atoms with Crippen LogP contribution in [0.15, 0.2) is 72.3 Å². The number of anilines is 1. The van der Waals surface area contributed by atoms with Crippen LogP contribution in [0.4, 0.5) is 5.13 Å². The number of carbonyl (C=O) groups excluding carboxylic acids is 2. The third kappa shape index (κ3) is 3.81. The van der Waals surface area contributed by atoms with E-state index in [-0.39, 0.29) is 11.3 Å². The first-order chi connectivity index (χ1) is 16.9. The second-order valence-electron chi connectivity index (χ2n) is 8.11. The Morgan fingerprint density at radius 3 is 2.57 bits per heavy atom. The smallest absolute Gasteiger partial charge is 0.301 e. The van der Waals surface area contributed by atoms with E-state index in [0.29, 0.717) is 27.8 Å². The molecule has 5 rings (SSSR count). The van der Waals surface area contributed by atoms with Crippen LogP contribution in [-0.2, 0) is 9.59 Å². The Labute approximate surface area is 205 Å². The third-order valence-electron chi connectivity index (χ3n) is 5.96. The molecule has 1 N–H and O–H groups in total. The molecule has 1 saturated heterocycles. The molecule has 1 aromatic heterocycles. The van der Waals surface area contributed by atoms with Crippen molar-refractivity contribution in [2.75, 3.05) is 19.1 Å². The van der Waals surface area contributed by atoms with Crippen LogP contribution in [0.25, 0.3) is 16.0 Å². The fourth-order valence-electron chi connectivity index (χ4n) is 4.26. The molecule has 1 fully saturated rings. The van der Waals surface area contributed by atoms with Gasteiger partial charge < -0.3 is 14.6 Å². The quantitative estimate of drug-likeness (QED) is 0.236. The number of aliphatic hydroxyl groups is 1. The Morgan fingerprint density at radius 1 is 1.00 bits per heavy atom.